The largest absolute Gasteiger partial charge is 0.497 e. The number of likely N-dealkylation sites (N-methyl/N-ethyl adjacent to an activating group) is 1. The third-order valence-corrected chi connectivity index (χ3v) is 4.84. The summed E-state index contributed by atoms with van der Waals surface area (Å²) in [4.78, 5) is 2.39. The zero-order chi connectivity index (χ0) is 15.8. The molecule has 0 saturated heterocycles. The van der Waals surface area contributed by atoms with Crippen molar-refractivity contribution in [2.45, 2.75) is 12.5 Å². The predicted molar refractivity (Wildman–Crippen MR) is 95.1 cm³/mol. The molecule has 4 rings (SSSR count). The van der Waals surface area contributed by atoms with E-state index in [0.29, 0.717) is 5.92 Å². The molecule has 1 aliphatic rings. The lowest BCUT2D eigenvalue weighted by Crippen LogP contribution is -2.30. The van der Waals surface area contributed by atoms with Crippen molar-refractivity contribution in [3.05, 3.63) is 77.4 Å². The van der Waals surface area contributed by atoms with Crippen LogP contribution in [0, 0.1) is 0 Å². The van der Waals surface area contributed by atoms with Gasteiger partial charge in [0.25, 0.3) is 0 Å². The van der Waals surface area contributed by atoms with Crippen molar-refractivity contribution in [1.82, 2.24) is 4.90 Å². The second-order valence-corrected chi connectivity index (χ2v) is 6.42. The zero-order valence-electron chi connectivity index (χ0n) is 13.6. The second kappa shape index (κ2) is 5.71. The fourth-order valence-electron chi connectivity index (χ4n) is 3.66. The fraction of sp³-hybridized carbons (Fsp3) is 0.238. The van der Waals surface area contributed by atoms with Gasteiger partial charge in [-0.15, -0.1) is 0 Å². The molecule has 0 aromatic heterocycles. The minimum atomic E-state index is 0.416. The third kappa shape index (κ3) is 2.60. The van der Waals surface area contributed by atoms with Crippen molar-refractivity contribution in [1.29, 1.82) is 0 Å². The van der Waals surface area contributed by atoms with Gasteiger partial charge in [-0.05, 0) is 46.6 Å². The first kappa shape index (κ1) is 14.3. The van der Waals surface area contributed by atoms with E-state index >= 15 is 0 Å². The summed E-state index contributed by atoms with van der Waals surface area (Å²) in [5.41, 5.74) is 4.19. The van der Waals surface area contributed by atoms with Crippen molar-refractivity contribution < 1.29 is 4.74 Å². The molecular weight excluding hydrogens is 282 g/mol. The number of rotatable bonds is 2. The molecule has 3 aromatic rings. The summed E-state index contributed by atoms with van der Waals surface area (Å²) in [6.45, 7) is 2.04. The van der Waals surface area contributed by atoms with Crippen molar-refractivity contribution >= 4 is 10.8 Å². The lowest BCUT2D eigenvalue weighted by atomic mass is 9.84. The van der Waals surface area contributed by atoms with Crippen LogP contribution in [-0.4, -0.2) is 25.6 Å². The van der Waals surface area contributed by atoms with E-state index in [0.717, 1.165) is 18.8 Å². The van der Waals surface area contributed by atoms with Crippen LogP contribution < -0.4 is 4.74 Å². The summed E-state index contributed by atoms with van der Waals surface area (Å²) in [5, 5.41) is 2.61. The van der Waals surface area contributed by atoms with Crippen molar-refractivity contribution in [3.63, 3.8) is 0 Å². The van der Waals surface area contributed by atoms with E-state index in [1.165, 1.54) is 27.5 Å². The second-order valence-electron chi connectivity index (χ2n) is 6.42. The molecule has 0 spiro atoms. The van der Waals surface area contributed by atoms with Gasteiger partial charge in [-0.25, -0.2) is 0 Å². The van der Waals surface area contributed by atoms with Gasteiger partial charge in [0, 0.05) is 19.0 Å². The molecule has 0 N–H and O–H groups in total. The Labute approximate surface area is 137 Å². The Morgan fingerprint density at radius 2 is 1.78 bits per heavy atom. The maximum atomic E-state index is 5.40. The van der Waals surface area contributed by atoms with E-state index in [-0.39, 0.29) is 0 Å². The normalized spacial score (nSPS) is 17.9. The molecule has 0 bridgehead atoms. The Morgan fingerprint density at radius 1 is 0.957 bits per heavy atom. The van der Waals surface area contributed by atoms with Crippen LogP contribution in [-0.2, 0) is 6.54 Å². The molecule has 2 nitrogen and oxygen atoms in total. The first-order valence-electron chi connectivity index (χ1n) is 8.08. The molecule has 0 radical (unpaired) electrons. The number of hydrogen-bond acceptors (Lipinski definition) is 2. The van der Waals surface area contributed by atoms with Gasteiger partial charge in [0.05, 0.1) is 7.11 Å². The Kier molecular flexibility index (Phi) is 3.55. The zero-order valence-corrected chi connectivity index (χ0v) is 13.6. The van der Waals surface area contributed by atoms with E-state index in [9.17, 15) is 0 Å². The molecule has 1 atom stereocenters. The average molecular weight is 303 g/mol. The quantitative estimate of drug-likeness (QED) is 0.694. The third-order valence-electron chi connectivity index (χ3n) is 4.84. The van der Waals surface area contributed by atoms with Crippen LogP contribution in [0.2, 0.25) is 0 Å². The average Bonchev–Trinajstić information content (AvgIpc) is 2.60. The Balaban J connectivity index is 1.81. The minimum Gasteiger partial charge on any atom is -0.497 e. The molecule has 1 heterocycles. The molecule has 23 heavy (non-hydrogen) atoms. The topological polar surface area (TPSA) is 12.5 Å². The monoisotopic (exact) mass is 303 g/mol. The first-order valence-corrected chi connectivity index (χ1v) is 8.08. The van der Waals surface area contributed by atoms with Gasteiger partial charge >= 0.3 is 0 Å². The molecular formula is C21H21NO. The van der Waals surface area contributed by atoms with E-state index in [2.05, 4.69) is 72.6 Å². The molecule has 2 heteroatoms. The lowest BCUT2D eigenvalue weighted by Gasteiger charge is -2.33. The maximum absolute atomic E-state index is 5.40. The molecule has 0 saturated carbocycles. The summed E-state index contributed by atoms with van der Waals surface area (Å²) in [7, 11) is 3.92. The standard InChI is InChI=1S/C21H21NO/c1-22-13-18-12-19(23-2)9-10-20(18)21(14-22)17-8-7-15-5-3-4-6-16(15)11-17/h3-12,21H,13-14H2,1-2H3. The number of benzene rings is 3. The van der Waals surface area contributed by atoms with Gasteiger partial charge in [-0.3, -0.25) is 0 Å². The molecule has 0 amide bonds. The number of nitrogens with zero attached hydrogens (tertiary/aromatic N) is 1. The SMILES string of the molecule is COc1ccc2c(c1)CN(C)CC2c1ccc2ccccc2c1. The Bertz CT molecular complexity index is 855. The van der Waals surface area contributed by atoms with Crippen LogP contribution in [0.15, 0.2) is 60.7 Å². The molecule has 3 aromatic carbocycles. The van der Waals surface area contributed by atoms with Crippen molar-refractivity contribution in [3.8, 4) is 5.75 Å². The van der Waals surface area contributed by atoms with Crippen molar-refractivity contribution in [2.75, 3.05) is 20.7 Å². The maximum Gasteiger partial charge on any atom is 0.119 e. The van der Waals surface area contributed by atoms with Crippen LogP contribution >= 0.6 is 0 Å². The predicted octanol–water partition coefficient (Wildman–Crippen LogP) is 4.43. The van der Waals surface area contributed by atoms with Gasteiger partial charge < -0.3 is 9.64 Å². The van der Waals surface area contributed by atoms with Gasteiger partial charge in [-0.1, -0.05) is 48.5 Å². The minimum absolute atomic E-state index is 0.416. The van der Waals surface area contributed by atoms with Crippen molar-refractivity contribution in [2.24, 2.45) is 0 Å². The molecule has 0 aliphatic carbocycles. The van der Waals surface area contributed by atoms with Gasteiger partial charge in [-0.2, -0.15) is 0 Å². The van der Waals surface area contributed by atoms with E-state index in [1.807, 2.05) is 0 Å². The highest BCUT2D eigenvalue weighted by Gasteiger charge is 2.25. The molecule has 116 valence electrons. The number of hydrogen-bond donors (Lipinski definition) is 0. The van der Waals surface area contributed by atoms with Crippen LogP contribution in [0.5, 0.6) is 5.75 Å². The highest BCUT2D eigenvalue weighted by atomic mass is 16.5. The summed E-state index contributed by atoms with van der Waals surface area (Å²) >= 11 is 0. The fourth-order valence-corrected chi connectivity index (χ4v) is 3.66. The van der Waals surface area contributed by atoms with E-state index < -0.39 is 0 Å². The molecule has 0 fully saturated rings. The number of fused-ring (bicyclic) bond motifs is 2. The summed E-state index contributed by atoms with van der Waals surface area (Å²) in [5.74, 6) is 1.36. The summed E-state index contributed by atoms with van der Waals surface area (Å²) in [6, 6.07) is 21.9. The lowest BCUT2D eigenvalue weighted by molar-refractivity contribution is 0.294. The smallest absolute Gasteiger partial charge is 0.119 e. The Morgan fingerprint density at radius 3 is 2.61 bits per heavy atom. The van der Waals surface area contributed by atoms with E-state index in [4.69, 9.17) is 4.74 Å². The van der Waals surface area contributed by atoms with Crippen LogP contribution in [0.4, 0.5) is 0 Å². The Hall–Kier alpha value is -2.32. The molecule has 1 unspecified atom stereocenters. The van der Waals surface area contributed by atoms with Gasteiger partial charge in [0.1, 0.15) is 5.75 Å². The highest BCUT2D eigenvalue weighted by Crippen LogP contribution is 2.35. The van der Waals surface area contributed by atoms with Crippen LogP contribution in [0.1, 0.15) is 22.6 Å². The molecule has 1 aliphatic heterocycles. The highest BCUT2D eigenvalue weighted by molar-refractivity contribution is 5.83. The van der Waals surface area contributed by atoms with E-state index in [1.54, 1.807) is 7.11 Å². The van der Waals surface area contributed by atoms with Gasteiger partial charge in [0.15, 0.2) is 0 Å². The first-order chi connectivity index (χ1) is 11.2. The van der Waals surface area contributed by atoms with Crippen LogP contribution in [0.3, 0.4) is 0 Å². The number of methoxy groups -OCH3 is 1. The summed E-state index contributed by atoms with van der Waals surface area (Å²) in [6.07, 6.45) is 0. The summed E-state index contributed by atoms with van der Waals surface area (Å²) < 4.78 is 5.40. The number of ether oxygens (including phenoxy) is 1. The van der Waals surface area contributed by atoms with Crippen LogP contribution in [0.25, 0.3) is 10.8 Å². The van der Waals surface area contributed by atoms with Gasteiger partial charge in [0.2, 0.25) is 0 Å².